The molecule has 1 aliphatic heterocycles. The van der Waals surface area contributed by atoms with Gasteiger partial charge in [0, 0.05) is 30.4 Å². The number of aryl methyl sites for hydroxylation is 1. The number of anilines is 1. The Morgan fingerprint density at radius 3 is 3.05 bits per heavy atom. The van der Waals surface area contributed by atoms with Gasteiger partial charge >= 0.3 is 0 Å². The van der Waals surface area contributed by atoms with Gasteiger partial charge in [0.05, 0.1) is 0 Å². The van der Waals surface area contributed by atoms with Crippen LogP contribution in [0.4, 0.5) is 5.82 Å². The molecule has 1 unspecified atom stereocenters. The van der Waals surface area contributed by atoms with Crippen LogP contribution in [-0.4, -0.2) is 35.6 Å². The molecule has 1 N–H and O–H groups in total. The van der Waals surface area contributed by atoms with Crippen LogP contribution in [0.2, 0.25) is 0 Å². The van der Waals surface area contributed by atoms with Crippen LogP contribution in [-0.2, 0) is 12.8 Å². The van der Waals surface area contributed by atoms with Crippen LogP contribution in [0.15, 0.2) is 6.33 Å². The summed E-state index contributed by atoms with van der Waals surface area (Å²) in [7, 11) is 0. The Kier molecular flexibility index (Phi) is 4.51. The molecule has 0 amide bonds. The largest absolute Gasteiger partial charge is 0.352 e. The third kappa shape index (κ3) is 2.80. The number of nitrogens with one attached hydrogen (secondary N) is 1. The molecule has 2 heterocycles. The molecule has 20 heavy (non-hydrogen) atoms. The molecule has 3 rings (SSSR count). The highest BCUT2D eigenvalue weighted by atomic mass is 15.2. The van der Waals surface area contributed by atoms with E-state index in [0.29, 0.717) is 6.04 Å². The van der Waals surface area contributed by atoms with Gasteiger partial charge in [0.2, 0.25) is 0 Å². The minimum absolute atomic E-state index is 0.613. The van der Waals surface area contributed by atoms with Gasteiger partial charge in [-0.05, 0) is 51.5 Å². The molecule has 1 aromatic heterocycles. The molecule has 4 heteroatoms. The smallest absolute Gasteiger partial charge is 0.135 e. The van der Waals surface area contributed by atoms with Gasteiger partial charge in [0.15, 0.2) is 0 Å². The molecule has 0 radical (unpaired) electrons. The summed E-state index contributed by atoms with van der Waals surface area (Å²) in [6.07, 6.45) is 10.4. The molecule has 110 valence electrons. The highest BCUT2D eigenvalue weighted by molar-refractivity contribution is 5.51. The van der Waals surface area contributed by atoms with Gasteiger partial charge in [-0.1, -0.05) is 6.92 Å². The predicted molar refractivity (Wildman–Crippen MR) is 82.2 cm³/mol. The summed E-state index contributed by atoms with van der Waals surface area (Å²) in [6.45, 7) is 5.58. The van der Waals surface area contributed by atoms with Gasteiger partial charge in [-0.25, -0.2) is 9.97 Å². The lowest BCUT2D eigenvalue weighted by Gasteiger charge is -2.29. The molecule has 1 atom stereocenters. The van der Waals surface area contributed by atoms with Crippen molar-refractivity contribution in [3.05, 3.63) is 17.6 Å². The predicted octanol–water partition coefficient (Wildman–Crippen LogP) is 2.32. The van der Waals surface area contributed by atoms with Gasteiger partial charge in [-0.15, -0.1) is 0 Å². The van der Waals surface area contributed by atoms with Crippen molar-refractivity contribution < 1.29 is 0 Å². The normalized spacial score (nSPS) is 22.1. The van der Waals surface area contributed by atoms with Crippen molar-refractivity contribution in [2.24, 2.45) is 0 Å². The standard InChI is InChI=1S/C16H26N4/c1-2-9-17-11-13-6-5-10-20(13)16-14-7-3-4-8-15(14)18-12-19-16/h12-13,17H,2-11H2,1H3. The molecule has 4 nitrogen and oxygen atoms in total. The molecular weight excluding hydrogens is 248 g/mol. The lowest BCUT2D eigenvalue weighted by molar-refractivity contribution is 0.564. The highest BCUT2D eigenvalue weighted by Gasteiger charge is 2.28. The lowest BCUT2D eigenvalue weighted by atomic mass is 9.96. The fourth-order valence-electron chi connectivity index (χ4n) is 3.52. The van der Waals surface area contributed by atoms with Gasteiger partial charge in [0.25, 0.3) is 0 Å². The van der Waals surface area contributed by atoms with Crippen LogP contribution in [0.5, 0.6) is 0 Å². The zero-order valence-corrected chi connectivity index (χ0v) is 12.6. The number of nitrogens with zero attached hydrogens (tertiary/aromatic N) is 3. The third-order valence-corrected chi connectivity index (χ3v) is 4.56. The van der Waals surface area contributed by atoms with Gasteiger partial charge in [-0.3, -0.25) is 0 Å². The molecule has 1 aliphatic carbocycles. The first kappa shape index (κ1) is 13.8. The highest BCUT2D eigenvalue weighted by Crippen LogP contribution is 2.31. The third-order valence-electron chi connectivity index (χ3n) is 4.56. The zero-order chi connectivity index (χ0) is 13.8. The molecule has 1 saturated heterocycles. The summed E-state index contributed by atoms with van der Waals surface area (Å²) in [5.74, 6) is 1.23. The maximum atomic E-state index is 4.64. The van der Waals surface area contributed by atoms with Crippen LogP contribution >= 0.6 is 0 Å². The second kappa shape index (κ2) is 6.53. The fraction of sp³-hybridized carbons (Fsp3) is 0.750. The van der Waals surface area contributed by atoms with Crippen molar-refractivity contribution in [2.75, 3.05) is 24.5 Å². The first-order valence-electron chi connectivity index (χ1n) is 8.20. The Morgan fingerprint density at radius 2 is 2.15 bits per heavy atom. The first-order chi connectivity index (χ1) is 9.90. The summed E-state index contributed by atoms with van der Waals surface area (Å²) in [4.78, 5) is 11.7. The van der Waals surface area contributed by atoms with Gasteiger partial charge in [-0.2, -0.15) is 0 Å². The van der Waals surface area contributed by atoms with E-state index in [1.807, 2.05) is 0 Å². The summed E-state index contributed by atoms with van der Waals surface area (Å²) in [5.41, 5.74) is 2.73. The molecule has 1 fully saturated rings. The van der Waals surface area contributed by atoms with Crippen molar-refractivity contribution in [1.82, 2.24) is 15.3 Å². The van der Waals surface area contributed by atoms with E-state index in [9.17, 15) is 0 Å². The van der Waals surface area contributed by atoms with E-state index in [2.05, 4.69) is 27.1 Å². The van der Waals surface area contributed by atoms with E-state index in [1.54, 1.807) is 6.33 Å². The number of hydrogen-bond donors (Lipinski definition) is 1. The molecule has 0 bridgehead atoms. The number of rotatable bonds is 5. The van der Waals surface area contributed by atoms with Crippen LogP contribution in [0.1, 0.15) is 50.3 Å². The minimum Gasteiger partial charge on any atom is -0.352 e. The summed E-state index contributed by atoms with van der Waals surface area (Å²) < 4.78 is 0. The van der Waals surface area contributed by atoms with Crippen molar-refractivity contribution in [3.63, 3.8) is 0 Å². The van der Waals surface area contributed by atoms with Crippen molar-refractivity contribution in [2.45, 2.75) is 57.9 Å². The van der Waals surface area contributed by atoms with Gasteiger partial charge < -0.3 is 10.2 Å². The summed E-state index contributed by atoms with van der Waals surface area (Å²) in [5, 5.41) is 3.57. The molecular formula is C16H26N4. The SMILES string of the molecule is CCCNCC1CCCN1c1ncnc2c1CCCC2. The zero-order valence-electron chi connectivity index (χ0n) is 12.6. The van der Waals surface area contributed by atoms with E-state index >= 15 is 0 Å². The van der Waals surface area contributed by atoms with Crippen LogP contribution in [0, 0.1) is 0 Å². The maximum absolute atomic E-state index is 4.64. The van der Waals surface area contributed by atoms with Crippen molar-refractivity contribution in [1.29, 1.82) is 0 Å². The van der Waals surface area contributed by atoms with E-state index in [0.717, 1.165) is 32.5 Å². The van der Waals surface area contributed by atoms with E-state index < -0.39 is 0 Å². The quantitative estimate of drug-likeness (QED) is 0.837. The van der Waals surface area contributed by atoms with E-state index in [1.165, 1.54) is 49.2 Å². The fourth-order valence-corrected chi connectivity index (χ4v) is 3.52. The van der Waals surface area contributed by atoms with Crippen molar-refractivity contribution >= 4 is 5.82 Å². The molecule has 0 saturated carbocycles. The topological polar surface area (TPSA) is 41.0 Å². The van der Waals surface area contributed by atoms with Gasteiger partial charge in [0.1, 0.15) is 12.1 Å². The van der Waals surface area contributed by atoms with Crippen LogP contribution < -0.4 is 10.2 Å². The monoisotopic (exact) mass is 274 g/mol. The molecule has 0 aromatic carbocycles. The second-order valence-corrected chi connectivity index (χ2v) is 6.02. The Labute approximate surface area is 122 Å². The molecule has 0 spiro atoms. The minimum atomic E-state index is 0.613. The Hall–Kier alpha value is -1.16. The van der Waals surface area contributed by atoms with E-state index in [4.69, 9.17) is 0 Å². The summed E-state index contributed by atoms with van der Waals surface area (Å²) in [6, 6.07) is 0.613. The first-order valence-corrected chi connectivity index (χ1v) is 8.20. The Bertz CT molecular complexity index is 446. The molecule has 2 aliphatic rings. The van der Waals surface area contributed by atoms with E-state index in [-0.39, 0.29) is 0 Å². The lowest BCUT2D eigenvalue weighted by Crippen LogP contribution is -2.39. The number of aromatic nitrogens is 2. The summed E-state index contributed by atoms with van der Waals surface area (Å²) >= 11 is 0. The average Bonchev–Trinajstić information content (AvgIpc) is 2.95. The van der Waals surface area contributed by atoms with Crippen LogP contribution in [0.3, 0.4) is 0 Å². The second-order valence-electron chi connectivity index (χ2n) is 6.02. The van der Waals surface area contributed by atoms with Crippen LogP contribution in [0.25, 0.3) is 0 Å². The Morgan fingerprint density at radius 1 is 1.25 bits per heavy atom. The number of hydrogen-bond acceptors (Lipinski definition) is 4. The Balaban J connectivity index is 1.77. The molecule has 1 aromatic rings. The average molecular weight is 274 g/mol. The number of fused-ring (bicyclic) bond motifs is 1. The van der Waals surface area contributed by atoms with Crippen molar-refractivity contribution in [3.8, 4) is 0 Å². The maximum Gasteiger partial charge on any atom is 0.135 e.